The molecular weight excluding hydrogens is 268 g/mol. The highest BCUT2D eigenvalue weighted by Gasteiger charge is 2.17. The van der Waals surface area contributed by atoms with Gasteiger partial charge in [0, 0.05) is 18.5 Å². The summed E-state index contributed by atoms with van der Waals surface area (Å²) >= 11 is 3.18. The third-order valence-corrected chi connectivity index (χ3v) is 4.31. The summed E-state index contributed by atoms with van der Waals surface area (Å²) in [5.41, 5.74) is 1.66. The van der Waals surface area contributed by atoms with E-state index in [1.165, 1.54) is 24.0 Å². The molecule has 0 fully saturated rings. The summed E-state index contributed by atoms with van der Waals surface area (Å²) in [7, 11) is 3.34. The second kappa shape index (κ2) is 5.49. The van der Waals surface area contributed by atoms with Crippen LogP contribution in [0.5, 0.6) is 0 Å². The molecule has 0 saturated carbocycles. The van der Waals surface area contributed by atoms with E-state index in [-0.39, 0.29) is 5.97 Å². The van der Waals surface area contributed by atoms with Crippen molar-refractivity contribution >= 4 is 33.8 Å². The quantitative estimate of drug-likeness (QED) is 0.809. The first-order chi connectivity index (χ1) is 8.61. The third-order valence-electron chi connectivity index (χ3n) is 2.49. The van der Waals surface area contributed by atoms with E-state index in [4.69, 9.17) is 4.74 Å². The third kappa shape index (κ3) is 2.70. The number of aromatic nitrogens is 1. The highest BCUT2D eigenvalue weighted by Crippen LogP contribution is 2.26. The van der Waals surface area contributed by atoms with E-state index < -0.39 is 0 Å². The van der Waals surface area contributed by atoms with Gasteiger partial charge in [-0.1, -0.05) is 0 Å². The number of hydrogen-bond donors (Lipinski definition) is 0. The second-order valence-corrected chi connectivity index (χ2v) is 5.84. The van der Waals surface area contributed by atoms with E-state index in [1.54, 1.807) is 11.3 Å². The van der Waals surface area contributed by atoms with Crippen LogP contribution in [-0.4, -0.2) is 25.1 Å². The Balaban J connectivity index is 2.16. The van der Waals surface area contributed by atoms with E-state index in [1.807, 2.05) is 18.9 Å². The summed E-state index contributed by atoms with van der Waals surface area (Å²) in [6, 6.07) is 2.09. The van der Waals surface area contributed by atoms with E-state index in [0.717, 1.165) is 16.6 Å². The van der Waals surface area contributed by atoms with Crippen molar-refractivity contribution in [2.24, 2.45) is 0 Å². The number of carbonyl (C=O) groups excluding carboxylic acids is 1. The highest BCUT2D eigenvalue weighted by molar-refractivity contribution is 7.15. The zero-order valence-corrected chi connectivity index (χ0v) is 12.1. The van der Waals surface area contributed by atoms with Gasteiger partial charge in [0.1, 0.15) is 0 Å². The van der Waals surface area contributed by atoms with Crippen LogP contribution in [0.3, 0.4) is 0 Å². The van der Waals surface area contributed by atoms with Crippen LogP contribution < -0.4 is 4.90 Å². The van der Waals surface area contributed by atoms with Gasteiger partial charge in [-0.3, -0.25) is 0 Å². The molecule has 0 spiro atoms. The van der Waals surface area contributed by atoms with Gasteiger partial charge in [0.15, 0.2) is 10.8 Å². The Morgan fingerprint density at radius 2 is 2.33 bits per heavy atom. The lowest BCUT2D eigenvalue weighted by Gasteiger charge is -2.14. The maximum Gasteiger partial charge on any atom is 0.357 e. The molecular formula is C12H14N2O2S2. The van der Waals surface area contributed by atoms with Gasteiger partial charge in [-0.05, 0) is 29.3 Å². The molecule has 0 aliphatic heterocycles. The van der Waals surface area contributed by atoms with Crippen molar-refractivity contribution in [1.82, 2.24) is 4.98 Å². The Labute approximate surface area is 114 Å². The molecule has 2 aromatic rings. The number of esters is 1. The number of aryl methyl sites for hydroxylation is 1. The summed E-state index contributed by atoms with van der Waals surface area (Å²) in [6.07, 6.45) is 0. The number of nitrogens with zero attached hydrogens (tertiary/aromatic N) is 2. The van der Waals surface area contributed by atoms with Crippen LogP contribution >= 0.6 is 22.7 Å². The fraction of sp³-hybridized carbons (Fsp3) is 0.333. The molecule has 0 aromatic carbocycles. The Bertz CT molecular complexity index is 534. The van der Waals surface area contributed by atoms with Gasteiger partial charge in [0.05, 0.1) is 7.11 Å². The van der Waals surface area contributed by atoms with Gasteiger partial charge in [-0.2, -0.15) is 11.3 Å². The van der Waals surface area contributed by atoms with Gasteiger partial charge < -0.3 is 9.64 Å². The zero-order valence-electron chi connectivity index (χ0n) is 10.5. The number of carbonyl (C=O) groups is 1. The first kappa shape index (κ1) is 13.0. The molecule has 0 N–H and O–H groups in total. The van der Waals surface area contributed by atoms with Crippen molar-refractivity contribution in [2.45, 2.75) is 13.5 Å². The minimum absolute atomic E-state index is 0.376. The number of hydrogen-bond acceptors (Lipinski definition) is 6. The van der Waals surface area contributed by atoms with Crippen molar-refractivity contribution in [3.05, 3.63) is 33.0 Å². The number of methoxy groups -OCH3 is 1. The lowest BCUT2D eigenvalue weighted by molar-refractivity contribution is 0.0594. The lowest BCUT2D eigenvalue weighted by Crippen LogP contribution is -2.16. The highest BCUT2D eigenvalue weighted by atomic mass is 32.1. The van der Waals surface area contributed by atoms with Crippen LogP contribution in [0.4, 0.5) is 5.13 Å². The van der Waals surface area contributed by atoms with Crippen LogP contribution in [0.15, 0.2) is 16.8 Å². The molecule has 0 bridgehead atoms. The summed E-state index contributed by atoms with van der Waals surface area (Å²) in [5, 5.41) is 4.99. The maximum absolute atomic E-state index is 11.5. The second-order valence-electron chi connectivity index (χ2n) is 3.88. The van der Waals surface area contributed by atoms with Crippen LogP contribution in [-0.2, 0) is 11.3 Å². The summed E-state index contributed by atoms with van der Waals surface area (Å²) in [4.78, 5) is 18.7. The van der Waals surface area contributed by atoms with Gasteiger partial charge in [0.2, 0.25) is 0 Å². The number of rotatable bonds is 4. The number of anilines is 1. The molecule has 0 amide bonds. The van der Waals surface area contributed by atoms with E-state index >= 15 is 0 Å². The van der Waals surface area contributed by atoms with Crippen LogP contribution in [0.2, 0.25) is 0 Å². The molecule has 6 heteroatoms. The molecule has 0 atom stereocenters. The summed E-state index contributed by atoms with van der Waals surface area (Å²) in [6.45, 7) is 2.67. The van der Waals surface area contributed by atoms with Crippen LogP contribution in [0.25, 0.3) is 0 Å². The maximum atomic E-state index is 11.5. The van der Waals surface area contributed by atoms with Crippen LogP contribution in [0.1, 0.15) is 20.9 Å². The largest absolute Gasteiger partial charge is 0.464 e. The minimum atomic E-state index is -0.376. The van der Waals surface area contributed by atoms with Gasteiger partial charge in [0.25, 0.3) is 0 Å². The van der Waals surface area contributed by atoms with E-state index in [9.17, 15) is 4.79 Å². The lowest BCUT2D eigenvalue weighted by atomic mass is 10.3. The minimum Gasteiger partial charge on any atom is -0.464 e. The molecule has 96 valence electrons. The van der Waals surface area contributed by atoms with Crippen molar-refractivity contribution in [2.75, 3.05) is 19.1 Å². The predicted molar refractivity (Wildman–Crippen MR) is 74.6 cm³/mol. The fourth-order valence-corrected chi connectivity index (χ4v) is 3.07. The molecule has 4 nitrogen and oxygen atoms in total. The Kier molecular flexibility index (Phi) is 3.98. The Morgan fingerprint density at radius 1 is 1.56 bits per heavy atom. The first-order valence-electron chi connectivity index (χ1n) is 5.39. The molecule has 18 heavy (non-hydrogen) atoms. The molecule has 2 aromatic heterocycles. The number of thiophene rings is 1. The molecule has 0 saturated heterocycles. The topological polar surface area (TPSA) is 42.4 Å². The molecule has 0 aliphatic carbocycles. The summed E-state index contributed by atoms with van der Waals surface area (Å²) < 4.78 is 4.70. The van der Waals surface area contributed by atoms with Crippen molar-refractivity contribution in [3.63, 3.8) is 0 Å². The summed E-state index contributed by atoms with van der Waals surface area (Å²) in [5.74, 6) is -0.376. The molecule has 0 unspecified atom stereocenters. The molecule has 0 aliphatic rings. The van der Waals surface area contributed by atoms with Crippen molar-refractivity contribution in [1.29, 1.82) is 0 Å². The Hall–Kier alpha value is -1.40. The average Bonchev–Trinajstić information content (AvgIpc) is 2.97. The zero-order chi connectivity index (χ0) is 13.1. The Morgan fingerprint density at radius 3 is 2.94 bits per heavy atom. The van der Waals surface area contributed by atoms with Crippen molar-refractivity contribution in [3.8, 4) is 0 Å². The number of ether oxygens (including phenoxy) is 1. The standard InChI is InChI=1S/C12H14N2O2S2/c1-8-10(11(15)16-3)13-12(18-8)14(2)6-9-4-5-17-7-9/h4-5,7H,6H2,1-3H3. The van der Waals surface area contributed by atoms with E-state index in [2.05, 4.69) is 21.8 Å². The predicted octanol–water partition coefficient (Wildman–Crippen LogP) is 2.94. The molecule has 2 rings (SSSR count). The normalized spacial score (nSPS) is 10.4. The molecule has 0 radical (unpaired) electrons. The molecule has 2 heterocycles. The monoisotopic (exact) mass is 282 g/mol. The van der Waals surface area contributed by atoms with Crippen molar-refractivity contribution < 1.29 is 9.53 Å². The van der Waals surface area contributed by atoms with Gasteiger partial charge in [-0.15, -0.1) is 11.3 Å². The van der Waals surface area contributed by atoms with Gasteiger partial charge >= 0.3 is 5.97 Å². The van der Waals surface area contributed by atoms with Crippen LogP contribution in [0, 0.1) is 6.92 Å². The average molecular weight is 282 g/mol. The van der Waals surface area contributed by atoms with E-state index in [0.29, 0.717) is 5.69 Å². The van der Waals surface area contributed by atoms with Gasteiger partial charge in [-0.25, -0.2) is 9.78 Å². The SMILES string of the molecule is COC(=O)c1nc(N(C)Cc2ccsc2)sc1C. The number of thiazole rings is 1. The fourth-order valence-electron chi connectivity index (χ4n) is 1.56. The first-order valence-corrected chi connectivity index (χ1v) is 7.15. The smallest absolute Gasteiger partial charge is 0.357 e.